The van der Waals surface area contributed by atoms with Crippen LogP contribution in [0, 0.1) is 0 Å². The van der Waals surface area contributed by atoms with Crippen molar-refractivity contribution in [3.8, 4) is 0 Å². The first-order chi connectivity index (χ1) is 9.60. The average molecular weight is 298 g/mol. The minimum atomic E-state index is -0.258. The van der Waals surface area contributed by atoms with Gasteiger partial charge in [-0.25, -0.2) is 4.98 Å². The van der Waals surface area contributed by atoms with E-state index in [9.17, 15) is 9.59 Å². The average Bonchev–Trinajstić information content (AvgIpc) is 2.48. The molecule has 1 aromatic heterocycles. The van der Waals surface area contributed by atoms with Crippen molar-refractivity contribution in [2.45, 2.75) is 0 Å². The molecule has 0 N–H and O–H groups in total. The molecule has 0 aliphatic carbocycles. The Bertz CT molecular complexity index is 484. The Morgan fingerprint density at radius 3 is 2.55 bits per heavy atom. The van der Waals surface area contributed by atoms with Crippen molar-refractivity contribution >= 4 is 23.5 Å². The number of halogens is 1. The Labute approximate surface area is 122 Å². The lowest BCUT2D eigenvalue weighted by atomic mass is 10.2. The summed E-state index contributed by atoms with van der Waals surface area (Å²) in [4.78, 5) is 31.0. The second kappa shape index (κ2) is 6.67. The van der Waals surface area contributed by atoms with Gasteiger partial charge in [-0.1, -0.05) is 11.6 Å². The largest absolute Gasteiger partial charge is 0.468 e. The molecule has 1 aromatic rings. The van der Waals surface area contributed by atoms with Gasteiger partial charge >= 0.3 is 5.97 Å². The maximum atomic E-state index is 12.2. The van der Waals surface area contributed by atoms with E-state index in [0.29, 0.717) is 36.9 Å². The lowest BCUT2D eigenvalue weighted by Gasteiger charge is -2.34. The van der Waals surface area contributed by atoms with Gasteiger partial charge in [-0.15, -0.1) is 0 Å². The Kier molecular flexibility index (Phi) is 4.92. The van der Waals surface area contributed by atoms with E-state index in [1.165, 1.54) is 13.3 Å². The molecule has 0 atom stereocenters. The molecule has 1 aliphatic heterocycles. The van der Waals surface area contributed by atoms with Gasteiger partial charge in [-0.2, -0.15) is 0 Å². The van der Waals surface area contributed by atoms with E-state index >= 15 is 0 Å². The number of pyridine rings is 1. The molecule has 1 amide bonds. The van der Waals surface area contributed by atoms with Crippen LogP contribution in [0.3, 0.4) is 0 Å². The fourth-order valence-corrected chi connectivity index (χ4v) is 2.15. The number of nitrogens with zero attached hydrogens (tertiary/aromatic N) is 3. The zero-order valence-corrected chi connectivity index (χ0v) is 12.0. The molecule has 1 fully saturated rings. The predicted octanol–water partition coefficient (Wildman–Crippen LogP) is 0.666. The van der Waals surface area contributed by atoms with Crippen molar-refractivity contribution in [2.75, 3.05) is 39.8 Å². The zero-order valence-electron chi connectivity index (χ0n) is 11.2. The second-order valence-corrected chi connectivity index (χ2v) is 4.90. The number of hydrogen-bond donors (Lipinski definition) is 0. The summed E-state index contributed by atoms with van der Waals surface area (Å²) < 4.78 is 4.63. The van der Waals surface area contributed by atoms with E-state index in [1.54, 1.807) is 17.0 Å². The van der Waals surface area contributed by atoms with Crippen molar-refractivity contribution in [2.24, 2.45) is 0 Å². The standard InChI is InChI=1S/C13H16ClN3O3/c1-20-12(18)9-16-4-6-17(7-5-16)13(19)10-2-3-11(14)15-8-10/h2-3,8H,4-7,9H2,1H3. The lowest BCUT2D eigenvalue weighted by molar-refractivity contribution is -0.142. The van der Waals surface area contributed by atoms with Crippen LogP contribution >= 0.6 is 11.6 Å². The van der Waals surface area contributed by atoms with Crippen LogP contribution in [-0.4, -0.2) is 66.5 Å². The van der Waals surface area contributed by atoms with Crippen molar-refractivity contribution in [1.82, 2.24) is 14.8 Å². The van der Waals surface area contributed by atoms with E-state index in [-0.39, 0.29) is 18.4 Å². The van der Waals surface area contributed by atoms with Crippen LogP contribution in [-0.2, 0) is 9.53 Å². The van der Waals surface area contributed by atoms with Crippen LogP contribution in [0.4, 0.5) is 0 Å². The van der Waals surface area contributed by atoms with Crippen LogP contribution in [0.1, 0.15) is 10.4 Å². The quantitative estimate of drug-likeness (QED) is 0.606. The van der Waals surface area contributed by atoms with E-state index in [0.717, 1.165) is 0 Å². The summed E-state index contributed by atoms with van der Waals surface area (Å²) >= 11 is 5.70. The number of carbonyl (C=O) groups excluding carboxylic acids is 2. The fraction of sp³-hybridized carbons (Fsp3) is 0.462. The van der Waals surface area contributed by atoms with Crippen LogP contribution in [0.5, 0.6) is 0 Å². The predicted molar refractivity (Wildman–Crippen MR) is 73.6 cm³/mol. The van der Waals surface area contributed by atoms with Gasteiger partial charge in [0.1, 0.15) is 5.15 Å². The Morgan fingerprint density at radius 1 is 1.30 bits per heavy atom. The summed E-state index contributed by atoms with van der Waals surface area (Å²) in [6, 6.07) is 3.26. The Balaban J connectivity index is 1.88. The number of ether oxygens (including phenoxy) is 1. The van der Waals surface area contributed by atoms with Gasteiger partial charge in [0.15, 0.2) is 0 Å². The highest BCUT2D eigenvalue weighted by atomic mass is 35.5. The third-order valence-corrected chi connectivity index (χ3v) is 3.44. The molecule has 1 aliphatic rings. The van der Waals surface area contributed by atoms with Crippen molar-refractivity contribution in [3.05, 3.63) is 29.0 Å². The molecule has 6 nitrogen and oxygen atoms in total. The third kappa shape index (κ3) is 3.68. The van der Waals surface area contributed by atoms with Crippen LogP contribution in [0.25, 0.3) is 0 Å². The fourth-order valence-electron chi connectivity index (χ4n) is 2.04. The summed E-state index contributed by atoms with van der Waals surface area (Å²) in [7, 11) is 1.37. The summed E-state index contributed by atoms with van der Waals surface area (Å²) in [5, 5.41) is 0.365. The molecular formula is C13H16ClN3O3. The van der Waals surface area contributed by atoms with Crippen LogP contribution in [0.2, 0.25) is 5.15 Å². The molecule has 0 radical (unpaired) electrons. The van der Waals surface area contributed by atoms with Gasteiger partial charge in [0.25, 0.3) is 5.91 Å². The number of methoxy groups -OCH3 is 1. The van der Waals surface area contributed by atoms with Gasteiger partial charge in [-0.05, 0) is 12.1 Å². The molecule has 0 unspecified atom stereocenters. The number of aromatic nitrogens is 1. The molecule has 0 saturated carbocycles. The normalized spacial score (nSPS) is 16.0. The number of amides is 1. The molecule has 0 spiro atoms. The molecule has 0 bridgehead atoms. The SMILES string of the molecule is COC(=O)CN1CCN(C(=O)c2ccc(Cl)nc2)CC1. The molecule has 20 heavy (non-hydrogen) atoms. The number of esters is 1. The maximum absolute atomic E-state index is 12.2. The monoisotopic (exact) mass is 297 g/mol. The second-order valence-electron chi connectivity index (χ2n) is 4.51. The summed E-state index contributed by atoms with van der Waals surface area (Å²) in [5.74, 6) is -0.321. The number of hydrogen-bond acceptors (Lipinski definition) is 5. The zero-order chi connectivity index (χ0) is 14.5. The highest BCUT2D eigenvalue weighted by Crippen LogP contribution is 2.10. The van der Waals surface area contributed by atoms with Crippen molar-refractivity contribution in [3.63, 3.8) is 0 Å². The molecule has 2 heterocycles. The van der Waals surface area contributed by atoms with Gasteiger partial charge in [0.05, 0.1) is 19.2 Å². The highest BCUT2D eigenvalue weighted by molar-refractivity contribution is 6.29. The van der Waals surface area contributed by atoms with Gasteiger partial charge in [0.2, 0.25) is 0 Å². The highest BCUT2D eigenvalue weighted by Gasteiger charge is 2.23. The minimum Gasteiger partial charge on any atom is -0.468 e. The topological polar surface area (TPSA) is 62.7 Å². The van der Waals surface area contributed by atoms with E-state index < -0.39 is 0 Å². The Morgan fingerprint density at radius 2 is 2.00 bits per heavy atom. The Hall–Kier alpha value is -1.66. The summed E-state index contributed by atoms with van der Waals surface area (Å²) in [5.41, 5.74) is 0.524. The first-order valence-corrected chi connectivity index (χ1v) is 6.68. The molecule has 1 saturated heterocycles. The minimum absolute atomic E-state index is 0.0631. The smallest absolute Gasteiger partial charge is 0.319 e. The molecule has 2 rings (SSSR count). The van der Waals surface area contributed by atoms with Crippen molar-refractivity contribution in [1.29, 1.82) is 0 Å². The van der Waals surface area contributed by atoms with Crippen molar-refractivity contribution < 1.29 is 14.3 Å². The molecule has 0 aromatic carbocycles. The molecular weight excluding hydrogens is 282 g/mol. The van der Waals surface area contributed by atoms with E-state index in [1.807, 2.05) is 4.90 Å². The lowest BCUT2D eigenvalue weighted by Crippen LogP contribution is -2.50. The first kappa shape index (κ1) is 14.7. The number of rotatable bonds is 3. The molecule has 108 valence electrons. The van der Waals surface area contributed by atoms with E-state index in [2.05, 4.69) is 9.72 Å². The summed E-state index contributed by atoms with van der Waals surface area (Å²) in [6.45, 7) is 2.74. The van der Waals surface area contributed by atoms with Gasteiger partial charge in [0, 0.05) is 32.4 Å². The first-order valence-electron chi connectivity index (χ1n) is 6.30. The molecule has 7 heteroatoms. The maximum Gasteiger partial charge on any atom is 0.319 e. The number of carbonyl (C=O) groups is 2. The van der Waals surface area contributed by atoms with Gasteiger partial charge < -0.3 is 9.64 Å². The number of piperazine rings is 1. The van der Waals surface area contributed by atoms with Gasteiger partial charge in [-0.3, -0.25) is 14.5 Å². The van der Waals surface area contributed by atoms with Crippen LogP contribution in [0.15, 0.2) is 18.3 Å². The third-order valence-electron chi connectivity index (χ3n) is 3.21. The summed E-state index contributed by atoms with van der Waals surface area (Å²) in [6.07, 6.45) is 1.48. The van der Waals surface area contributed by atoms with E-state index in [4.69, 9.17) is 11.6 Å². The van der Waals surface area contributed by atoms with Crippen LogP contribution < -0.4 is 0 Å².